The predicted octanol–water partition coefficient (Wildman–Crippen LogP) is 3.17. The van der Waals surface area contributed by atoms with E-state index < -0.39 is 0 Å². The lowest BCUT2D eigenvalue weighted by Gasteiger charge is -2.23. The molecular formula is C16H25NO2. The van der Waals surface area contributed by atoms with Gasteiger partial charge in [0.1, 0.15) is 5.75 Å². The first-order chi connectivity index (χ1) is 8.85. The normalized spacial score (nSPS) is 13.2. The first-order valence-corrected chi connectivity index (χ1v) is 6.75. The van der Waals surface area contributed by atoms with Crippen molar-refractivity contribution in [1.29, 1.82) is 0 Å². The van der Waals surface area contributed by atoms with Crippen LogP contribution in [0, 0.1) is 0 Å². The van der Waals surface area contributed by atoms with Crippen LogP contribution in [0.4, 0.5) is 0 Å². The van der Waals surface area contributed by atoms with Crippen molar-refractivity contribution in [2.24, 2.45) is 0 Å². The average Bonchev–Trinajstić information content (AvgIpc) is 2.38. The topological polar surface area (TPSA) is 38.3 Å². The summed E-state index contributed by atoms with van der Waals surface area (Å²) in [5.74, 6) is 0.972. The molecule has 0 amide bonds. The summed E-state index contributed by atoms with van der Waals surface area (Å²) in [5, 5.41) is 3.06. The first-order valence-electron chi connectivity index (χ1n) is 6.75. The number of benzene rings is 1. The second-order valence-electron chi connectivity index (χ2n) is 5.78. The molecule has 0 aliphatic rings. The summed E-state index contributed by atoms with van der Waals surface area (Å²) in [5.41, 5.74) is 1.75. The van der Waals surface area contributed by atoms with Crippen molar-refractivity contribution in [1.82, 2.24) is 5.32 Å². The Bertz CT molecular complexity index is 443. The van der Waals surface area contributed by atoms with Crippen LogP contribution >= 0.6 is 0 Å². The number of carbonyl (C=O) groups excluding carboxylic acids is 1. The van der Waals surface area contributed by atoms with E-state index in [4.69, 9.17) is 4.74 Å². The van der Waals surface area contributed by atoms with E-state index in [1.807, 2.05) is 32.2 Å². The summed E-state index contributed by atoms with van der Waals surface area (Å²) in [4.78, 5) is 12.4. The highest BCUT2D eigenvalue weighted by Gasteiger charge is 2.22. The number of carbonyl (C=O) groups is 1. The van der Waals surface area contributed by atoms with Crippen LogP contribution in [0.5, 0.6) is 5.75 Å². The second-order valence-corrected chi connectivity index (χ2v) is 5.78. The number of methoxy groups -OCH3 is 1. The summed E-state index contributed by atoms with van der Waals surface area (Å²) in [6.07, 6.45) is 0.784. The van der Waals surface area contributed by atoms with Gasteiger partial charge in [-0.15, -0.1) is 0 Å². The molecule has 3 heteroatoms. The smallest absolute Gasteiger partial charge is 0.179 e. The average molecular weight is 263 g/mol. The maximum absolute atomic E-state index is 12.4. The Balaban J connectivity index is 3.22. The number of ketones is 1. The van der Waals surface area contributed by atoms with Gasteiger partial charge in [-0.2, -0.15) is 0 Å². The molecule has 0 aromatic heterocycles. The third-order valence-electron chi connectivity index (χ3n) is 3.37. The fourth-order valence-electron chi connectivity index (χ4n) is 2.17. The van der Waals surface area contributed by atoms with E-state index in [0.717, 1.165) is 23.3 Å². The van der Waals surface area contributed by atoms with Crippen molar-refractivity contribution < 1.29 is 9.53 Å². The second kappa shape index (κ2) is 6.20. The Morgan fingerprint density at radius 1 is 1.37 bits per heavy atom. The number of Topliss-reactive ketones (excluding diaryl/α,β-unsaturated/α-hetero) is 1. The maximum atomic E-state index is 12.4. The molecule has 0 aliphatic carbocycles. The molecule has 1 atom stereocenters. The zero-order chi connectivity index (χ0) is 14.6. The molecule has 0 saturated heterocycles. The van der Waals surface area contributed by atoms with Gasteiger partial charge in [-0.3, -0.25) is 4.79 Å². The van der Waals surface area contributed by atoms with E-state index in [2.05, 4.69) is 26.1 Å². The van der Waals surface area contributed by atoms with Crippen LogP contribution in [-0.4, -0.2) is 26.0 Å². The Kier molecular flexibility index (Phi) is 5.12. The third-order valence-corrected chi connectivity index (χ3v) is 3.37. The Morgan fingerprint density at radius 2 is 2.00 bits per heavy atom. The van der Waals surface area contributed by atoms with Crippen molar-refractivity contribution in [3.63, 3.8) is 0 Å². The molecule has 1 aromatic carbocycles. The summed E-state index contributed by atoms with van der Waals surface area (Å²) >= 11 is 0. The standard InChI is InChI=1S/C16H25NO2/c1-7-13(17-5)15(18)11-8-9-14(19-6)12(10-11)16(2,3)4/h8-10,13,17H,7H2,1-6H3. The SMILES string of the molecule is CCC(NC)C(=O)c1ccc(OC)c(C(C)(C)C)c1. The van der Waals surface area contributed by atoms with Crippen LogP contribution in [0.3, 0.4) is 0 Å². The van der Waals surface area contributed by atoms with Crippen LogP contribution in [0.1, 0.15) is 50.0 Å². The summed E-state index contributed by atoms with van der Waals surface area (Å²) in [6.45, 7) is 8.37. The molecule has 106 valence electrons. The number of likely N-dealkylation sites (N-methyl/N-ethyl adjacent to an activating group) is 1. The van der Waals surface area contributed by atoms with Crippen molar-refractivity contribution in [2.75, 3.05) is 14.2 Å². The number of nitrogens with one attached hydrogen (secondary N) is 1. The maximum Gasteiger partial charge on any atom is 0.179 e. The van der Waals surface area contributed by atoms with E-state index in [1.165, 1.54) is 0 Å². The Morgan fingerprint density at radius 3 is 2.42 bits per heavy atom. The van der Waals surface area contributed by atoms with E-state index in [0.29, 0.717) is 0 Å². The van der Waals surface area contributed by atoms with Crippen molar-refractivity contribution >= 4 is 5.78 Å². The number of hydrogen-bond acceptors (Lipinski definition) is 3. The summed E-state index contributed by atoms with van der Waals surface area (Å²) in [7, 11) is 3.48. The van der Waals surface area contributed by atoms with Crippen molar-refractivity contribution in [3.05, 3.63) is 29.3 Å². The van der Waals surface area contributed by atoms with Crippen LogP contribution in [0.15, 0.2) is 18.2 Å². The quantitative estimate of drug-likeness (QED) is 0.829. The lowest BCUT2D eigenvalue weighted by molar-refractivity contribution is 0.0945. The fourth-order valence-corrected chi connectivity index (χ4v) is 2.17. The zero-order valence-electron chi connectivity index (χ0n) is 12.8. The molecule has 1 aromatic rings. The van der Waals surface area contributed by atoms with Crippen LogP contribution < -0.4 is 10.1 Å². The van der Waals surface area contributed by atoms with E-state index >= 15 is 0 Å². The largest absolute Gasteiger partial charge is 0.496 e. The highest BCUT2D eigenvalue weighted by Crippen LogP contribution is 2.32. The van der Waals surface area contributed by atoms with Gasteiger partial charge in [-0.25, -0.2) is 0 Å². The van der Waals surface area contributed by atoms with Gasteiger partial charge in [0, 0.05) is 11.1 Å². The Hall–Kier alpha value is -1.35. The number of ether oxygens (including phenoxy) is 1. The van der Waals surface area contributed by atoms with E-state index in [9.17, 15) is 4.79 Å². The number of rotatable bonds is 5. The molecule has 3 nitrogen and oxygen atoms in total. The van der Waals surface area contributed by atoms with Gasteiger partial charge < -0.3 is 10.1 Å². The van der Waals surface area contributed by atoms with E-state index in [-0.39, 0.29) is 17.2 Å². The minimum atomic E-state index is -0.124. The third kappa shape index (κ3) is 3.57. The van der Waals surface area contributed by atoms with Crippen LogP contribution in [0.25, 0.3) is 0 Å². The molecule has 0 bridgehead atoms. The highest BCUT2D eigenvalue weighted by molar-refractivity contribution is 6.00. The number of hydrogen-bond donors (Lipinski definition) is 1. The predicted molar refractivity (Wildman–Crippen MR) is 79.2 cm³/mol. The van der Waals surface area contributed by atoms with Gasteiger partial charge >= 0.3 is 0 Å². The van der Waals surface area contributed by atoms with Crippen LogP contribution in [-0.2, 0) is 5.41 Å². The monoisotopic (exact) mass is 263 g/mol. The molecule has 0 aliphatic heterocycles. The fraction of sp³-hybridized carbons (Fsp3) is 0.562. The minimum Gasteiger partial charge on any atom is -0.496 e. The lowest BCUT2D eigenvalue weighted by atomic mass is 9.84. The highest BCUT2D eigenvalue weighted by atomic mass is 16.5. The minimum absolute atomic E-state index is 0.0526. The first kappa shape index (κ1) is 15.7. The van der Waals surface area contributed by atoms with Crippen molar-refractivity contribution in [2.45, 2.75) is 45.6 Å². The molecule has 0 heterocycles. The van der Waals surface area contributed by atoms with Gasteiger partial charge in [-0.05, 0) is 37.1 Å². The Labute approximate surface area is 116 Å². The summed E-state index contributed by atoms with van der Waals surface area (Å²) < 4.78 is 5.39. The van der Waals surface area contributed by atoms with Crippen LogP contribution in [0.2, 0.25) is 0 Å². The molecule has 0 saturated carbocycles. The van der Waals surface area contributed by atoms with Gasteiger partial charge in [0.2, 0.25) is 0 Å². The van der Waals surface area contributed by atoms with Gasteiger partial charge in [0.05, 0.1) is 13.2 Å². The molecule has 0 spiro atoms. The molecule has 19 heavy (non-hydrogen) atoms. The molecule has 0 fully saturated rings. The van der Waals surface area contributed by atoms with E-state index in [1.54, 1.807) is 7.11 Å². The summed E-state index contributed by atoms with van der Waals surface area (Å²) in [6, 6.07) is 5.56. The van der Waals surface area contributed by atoms with Gasteiger partial charge in [0.15, 0.2) is 5.78 Å². The zero-order valence-corrected chi connectivity index (χ0v) is 12.8. The lowest BCUT2D eigenvalue weighted by Crippen LogP contribution is -2.33. The molecular weight excluding hydrogens is 238 g/mol. The van der Waals surface area contributed by atoms with Gasteiger partial charge in [0.25, 0.3) is 0 Å². The van der Waals surface area contributed by atoms with Crippen molar-refractivity contribution in [3.8, 4) is 5.75 Å². The molecule has 0 radical (unpaired) electrons. The molecule has 1 N–H and O–H groups in total. The molecule has 1 rings (SSSR count). The molecule has 1 unspecified atom stereocenters. The van der Waals surface area contributed by atoms with Gasteiger partial charge in [-0.1, -0.05) is 27.7 Å².